The van der Waals surface area contributed by atoms with Gasteiger partial charge < -0.3 is 9.84 Å². The number of benzene rings is 1. The van der Waals surface area contributed by atoms with Crippen LogP contribution in [0.25, 0.3) is 6.08 Å². The van der Waals surface area contributed by atoms with E-state index in [1.165, 1.54) is 5.56 Å². The van der Waals surface area contributed by atoms with Gasteiger partial charge in [0.2, 0.25) is 0 Å². The molecule has 0 aromatic heterocycles. The second kappa shape index (κ2) is 7.86. The third-order valence-corrected chi connectivity index (χ3v) is 1.47. The lowest BCUT2D eigenvalue weighted by atomic mass is 10.2. The summed E-state index contributed by atoms with van der Waals surface area (Å²) in [5.41, 5.74) is 1.20. The van der Waals surface area contributed by atoms with Crippen LogP contribution in [0.5, 0.6) is 5.75 Å². The zero-order valence-electron chi connectivity index (χ0n) is 8.31. The van der Waals surface area contributed by atoms with Crippen molar-refractivity contribution in [1.82, 2.24) is 0 Å². The average Bonchev–Trinajstić information content (AvgIpc) is 2.21. The molecule has 3 heteroatoms. The summed E-state index contributed by atoms with van der Waals surface area (Å²) >= 11 is 0. The lowest BCUT2D eigenvalue weighted by Gasteiger charge is -1.98. The van der Waals surface area contributed by atoms with Gasteiger partial charge in [0.05, 0.1) is 7.11 Å². The molecule has 0 unspecified atom stereocenters. The lowest BCUT2D eigenvalue weighted by Crippen LogP contribution is -1.80. The molecule has 1 aromatic carbocycles. The minimum Gasteiger partial charge on any atom is -0.497 e. The van der Waals surface area contributed by atoms with Gasteiger partial charge >= 0.3 is 0 Å². The summed E-state index contributed by atoms with van der Waals surface area (Å²) in [6, 6.07) is 7.96. The van der Waals surface area contributed by atoms with Crippen LogP contribution in [0.3, 0.4) is 0 Å². The quantitative estimate of drug-likeness (QED) is 0.735. The van der Waals surface area contributed by atoms with Crippen molar-refractivity contribution in [2.45, 2.75) is 6.92 Å². The van der Waals surface area contributed by atoms with Gasteiger partial charge in [0.25, 0.3) is 6.47 Å². The van der Waals surface area contributed by atoms with Crippen LogP contribution >= 0.6 is 0 Å². The average molecular weight is 194 g/mol. The van der Waals surface area contributed by atoms with Crippen molar-refractivity contribution in [1.29, 1.82) is 0 Å². The Balaban J connectivity index is 0.000000500. The van der Waals surface area contributed by atoms with Gasteiger partial charge in [-0.05, 0) is 24.6 Å². The van der Waals surface area contributed by atoms with E-state index in [0.717, 1.165) is 5.75 Å². The predicted octanol–water partition coefficient (Wildman–Crippen LogP) is 2.43. The standard InChI is InChI=1S/C10H12O.CH2O2/c1-3-4-9-5-7-10(11-2)8-6-9;2-1-3/h3-8H,1-2H3;1H,(H,2,3). The molecule has 0 amide bonds. The molecule has 0 radical (unpaired) electrons. The Bertz CT molecular complexity index is 275. The zero-order valence-corrected chi connectivity index (χ0v) is 8.31. The van der Waals surface area contributed by atoms with Crippen LogP contribution in [-0.2, 0) is 4.79 Å². The highest BCUT2D eigenvalue weighted by atomic mass is 16.5. The molecule has 76 valence electrons. The van der Waals surface area contributed by atoms with Gasteiger partial charge in [-0.3, -0.25) is 4.79 Å². The van der Waals surface area contributed by atoms with Crippen LogP contribution in [0, 0.1) is 0 Å². The van der Waals surface area contributed by atoms with Crippen molar-refractivity contribution in [3.05, 3.63) is 35.9 Å². The molecule has 14 heavy (non-hydrogen) atoms. The van der Waals surface area contributed by atoms with Gasteiger partial charge in [-0.15, -0.1) is 0 Å². The van der Waals surface area contributed by atoms with Crippen molar-refractivity contribution in [3.63, 3.8) is 0 Å². The molecule has 3 nitrogen and oxygen atoms in total. The molecule has 1 N–H and O–H groups in total. The van der Waals surface area contributed by atoms with E-state index in [1.54, 1.807) is 7.11 Å². The molecule has 0 spiro atoms. The number of carbonyl (C=O) groups is 1. The third-order valence-electron chi connectivity index (χ3n) is 1.47. The summed E-state index contributed by atoms with van der Waals surface area (Å²) < 4.78 is 5.02. The van der Waals surface area contributed by atoms with E-state index < -0.39 is 0 Å². The maximum absolute atomic E-state index is 8.36. The van der Waals surface area contributed by atoms with Crippen molar-refractivity contribution in [2.24, 2.45) is 0 Å². The summed E-state index contributed by atoms with van der Waals surface area (Å²) in [5, 5.41) is 6.89. The van der Waals surface area contributed by atoms with Gasteiger partial charge in [-0.1, -0.05) is 24.3 Å². The fraction of sp³-hybridized carbons (Fsp3) is 0.182. The number of ether oxygens (including phenoxy) is 1. The molecule has 0 fully saturated rings. The first-order chi connectivity index (χ1) is 6.78. The molecule has 0 aliphatic rings. The summed E-state index contributed by atoms with van der Waals surface area (Å²) in [6.07, 6.45) is 4.07. The largest absolute Gasteiger partial charge is 0.497 e. The van der Waals surface area contributed by atoms with E-state index in [-0.39, 0.29) is 6.47 Å². The first-order valence-corrected chi connectivity index (χ1v) is 4.13. The summed E-state index contributed by atoms with van der Waals surface area (Å²) in [7, 11) is 1.67. The van der Waals surface area contributed by atoms with Crippen LogP contribution in [0.15, 0.2) is 30.3 Å². The maximum Gasteiger partial charge on any atom is 0.290 e. The summed E-state index contributed by atoms with van der Waals surface area (Å²) in [4.78, 5) is 8.36. The Morgan fingerprint density at radius 3 is 2.14 bits per heavy atom. The second-order valence-corrected chi connectivity index (χ2v) is 2.38. The van der Waals surface area contributed by atoms with Gasteiger partial charge in [0.15, 0.2) is 0 Å². The molecule has 0 atom stereocenters. The first-order valence-electron chi connectivity index (χ1n) is 4.13. The minimum atomic E-state index is -0.250. The number of methoxy groups -OCH3 is 1. The molecule has 1 rings (SSSR count). The molecule has 0 saturated heterocycles. The minimum absolute atomic E-state index is 0.250. The monoisotopic (exact) mass is 194 g/mol. The SMILES string of the molecule is CC=Cc1ccc(OC)cc1.O=CO. The topological polar surface area (TPSA) is 46.5 Å². The Labute approximate surface area is 83.6 Å². The number of hydrogen-bond donors (Lipinski definition) is 1. The summed E-state index contributed by atoms with van der Waals surface area (Å²) in [5.74, 6) is 0.901. The van der Waals surface area contributed by atoms with Crippen LogP contribution in [-0.4, -0.2) is 18.7 Å². The Morgan fingerprint density at radius 1 is 1.29 bits per heavy atom. The summed E-state index contributed by atoms with van der Waals surface area (Å²) in [6.45, 7) is 1.75. The highest BCUT2D eigenvalue weighted by molar-refractivity contribution is 5.50. The smallest absolute Gasteiger partial charge is 0.290 e. The fourth-order valence-corrected chi connectivity index (χ4v) is 0.907. The number of allylic oxidation sites excluding steroid dienone is 1. The number of carboxylic acid groups (broad SMARTS) is 1. The van der Waals surface area contributed by atoms with E-state index in [4.69, 9.17) is 14.6 Å². The molecule has 0 saturated carbocycles. The van der Waals surface area contributed by atoms with E-state index in [9.17, 15) is 0 Å². The molecule has 0 bridgehead atoms. The molecular formula is C11H14O3. The molecule has 0 heterocycles. The molecule has 1 aromatic rings. The maximum atomic E-state index is 8.36. The lowest BCUT2D eigenvalue weighted by molar-refractivity contribution is -0.122. The van der Waals surface area contributed by atoms with Gasteiger partial charge in [-0.25, -0.2) is 0 Å². The number of hydrogen-bond acceptors (Lipinski definition) is 2. The highest BCUT2D eigenvalue weighted by Crippen LogP contribution is 2.11. The second-order valence-electron chi connectivity index (χ2n) is 2.38. The fourth-order valence-electron chi connectivity index (χ4n) is 0.907. The van der Waals surface area contributed by atoms with Gasteiger partial charge in [0, 0.05) is 0 Å². The van der Waals surface area contributed by atoms with Crippen LogP contribution in [0.2, 0.25) is 0 Å². The van der Waals surface area contributed by atoms with E-state index in [0.29, 0.717) is 0 Å². The Hall–Kier alpha value is -1.77. The van der Waals surface area contributed by atoms with Crippen molar-refractivity contribution in [2.75, 3.05) is 7.11 Å². The van der Waals surface area contributed by atoms with Gasteiger partial charge in [-0.2, -0.15) is 0 Å². The van der Waals surface area contributed by atoms with Crippen molar-refractivity contribution < 1.29 is 14.6 Å². The van der Waals surface area contributed by atoms with Gasteiger partial charge in [0.1, 0.15) is 5.75 Å². The molecular weight excluding hydrogens is 180 g/mol. The first kappa shape index (κ1) is 12.2. The van der Waals surface area contributed by atoms with Crippen molar-refractivity contribution >= 4 is 12.5 Å². The zero-order chi connectivity index (χ0) is 10.8. The third kappa shape index (κ3) is 4.98. The van der Waals surface area contributed by atoms with E-state index in [1.807, 2.05) is 37.3 Å². The number of rotatable bonds is 2. The Kier molecular flexibility index (Phi) is 6.86. The normalized spacial score (nSPS) is 9.00. The van der Waals surface area contributed by atoms with E-state index in [2.05, 4.69) is 6.08 Å². The molecule has 0 aliphatic carbocycles. The van der Waals surface area contributed by atoms with Crippen LogP contribution in [0.1, 0.15) is 12.5 Å². The highest BCUT2D eigenvalue weighted by Gasteiger charge is 1.87. The van der Waals surface area contributed by atoms with Crippen LogP contribution in [0.4, 0.5) is 0 Å². The molecule has 0 aliphatic heterocycles. The predicted molar refractivity (Wildman–Crippen MR) is 56.4 cm³/mol. The van der Waals surface area contributed by atoms with Crippen LogP contribution < -0.4 is 4.74 Å². The van der Waals surface area contributed by atoms with E-state index >= 15 is 0 Å². The Morgan fingerprint density at radius 2 is 1.79 bits per heavy atom. The van der Waals surface area contributed by atoms with Crippen molar-refractivity contribution in [3.8, 4) is 5.75 Å².